The third-order valence-electron chi connectivity index (χ3n) is 6.00. The standard InChI is InChI=1S/C23H14F6N4O4/c1-31-10-37-21(23(27,28)29)15-7-6-14-17(19(15)31)16(20(34)22(24,25)26)8-11-9-32(30-18(11)14)12-2-4-13(5-3-12)33(35)36/h2-9,21H,10H2,1H3. The highest BCUT2D eigenvalue weighted by Crippen LogP contribution is 2.48. The molecule has 4 aromatic rings. The fourth-order valence-electron chi connectivity index (χ4n) is 4.43. The average molecular weight is 524 g/mol. The molecule has 0 bridgehead atoms. The van der Waals surface area contributed by atoms with E-state index < -0.39 is 47.0 Å². The van der Waals surface area contributed by atoms with Crippen LogP contribution in [-0.4, -0.2) is 46.6 Å². The van der Waals surface area contributed by atoms with Gasteiger partial charge in [0.1, 0.15) is 12.2 Å². The second-order valence-corrected chi connectivity index (χ2v) is 8.38. The lowest BCUT2D eigenvalue weighted by Gasteiger charge is -2.35. The Hall–Kier alpha value is -4.20. The van der Waals surface area contributed by atoms with Gasteiger partial charge in [-0.05, 0) is 18.2 Å². The van der Waals surface area contributed by atoms with Crippen molar-refractivity contribution < 1.29 is 40.8 Å². The molecule has 14 heteroatoms. The smallest absolute Gasteiger partial charge is 0.351 e. The molecule has 2 heterocycles. The van der Waals surface area contributed by atoms with Crippen molar-refractivity contribution in [3.05, 3.63) is 69.9 Å². The van der Waals surface area contributed by atoms with E-state index in [1.54, 1.807) is 0 Å². The fourth-order valence-corrected chi connectivity index (χ4v) is 4.43. The molecule has 0 saturated heterocycles. The van der Waals surface area contributed by atoms with Gasteiger partial charge in [-0.25, -0.2) is 4.68 Å². The number of carbonyl (C=O) groups excluding carboxylic acids is 1. The highest BCUT2D eigenvalue weighted by atomic mass is 19.4. The minimum Gasteiger partial charge on any atom is -0.351 e. The van der Waals surface area contributed by atoms with Crippen LogP contribution in [0.15, 0.2) is 48.7 Å². The number of ketones is 1. The Morgan fingerprint density at radius 1 is 1.11 bits per heavy atom. The monoisotopic (exact) mass is 524 g/mol. The van der Waals surface area contributed by atoms with Crippen LogP contribution in [0.5, 0.6) is 0 Å². The van der Waals surface area contributed by atoms with Crippen LogP contribution in [0.3, 0.4) is 0 Å². The summed E-state index contributed by atoms with van der Waals surface area (Å²) in [5.41, 5.74) is -1.22. The predicted octanol–water partition coefficient (Wildman–Crippen LogP) is 5.86. The molecule has 1 aliphatic heterocycles. The summed E-state index contributed by atoms with van der Waals surface area (Å²) < 4.78 is 87.9. The van der Waals surface area contributed by atoms with Crippen molar-refractivity contribution >= 4 is 38.8 Å². The number of hydrogen-bond donors (Lipinski definition) is 0. The van der Waals surface area contributed by atoms with Crippen LogP contribution in [-0.2, 0) is 4.74 Å². The van der Waals surface area contributed by atoms with Gasteiger partial charge in [-0.1, -0.05) is 12.1 Å². The van der Waals surface area contributed by atoms with E-state index >= 15 is 0 Å². The molecule has 3 aromatic carbocycles. The Kier molecular flexibility index (Phi) is 5.40. The molecule has 0 N–H and O–H groups in total. The van der Waals surface area contributed by atoms with E-state index in [9.17, 15) is 41.3 Å². The first-order valence-electron chi connectivity index (χ1n) is 10.5. The molecule has 0 amide bonds. The highest BCUT2D eigenvalue weighted by Gasteiger charge is 2.47. The number of non-ortho nitro benzene ring substituents is 1. The van der Waals surface area contributed by atoms with Gasteiger partial charge >= 0.3 is 12.4 Å². The SMILES string of the molecule is CN1COC(C(F)(F)F)c2ccc3c(c(C(=O)C(F)(F)F)cc4cn(-c5ccc([N+](=O)[O-])cc5)nc43)c21. The van der Waals surface area contributed by atoms with E-state index in [0.717, 1.165) is 12.1 Å². The van der Waals surface area contributed by atoms with Gasteiger partial charge in [0.05, 0.1) is 16.3 Å². The fraction of sp³-hybridized carbons (Fsp3) is 0.217. The van der Waals surface area contributed by atoms with Gasteiger partial charge in [0.15, 0.2) is 6.10 Å². The maximum absolute atomic E-state index is 13.7. The molecule has 1 unspecified atom stereocenters. The number of fused-ring (bicyclic) bond motifs is 5. The van der Waals surface area contributed by atoms with E-state index in [2.05, 4.69) is 5.10 Å². The molecular formula is C23H14F6N4O4. The lowest BCUT2D eigenvalue weighted by atomic mass is 9.91. The van der Waals surface area contributed by atoms with Crippen molar-refractivity contribution in [3.8, 4) is 5.69 Å². The number of rotatable bonds is 3. The van der Waals surface area contributed by atoms with Crippen LogP contribution in [0.2, 0.25) is 0 Å². The molecule has 0 radical (unpaired) electrons. The van der Waals surface area contributed by atoms with Gasteiger partial charge in [0.25, 0.3) is 11.5 Å². The van der Waals surface area contributed by atoms with Gasteiger partial charge in [0, 0.05) is 52.7 Å². The van der Waals surface area contributed by atoms with Crippen molar-refractivity contribution in [2.75, 3.05) is 18.7 Å². The van der Waals surface area contributed by atoms with Gasteiger partial charge in [0.2, 0.25) is 0 Å². The molecule has 0 aliphatic carbocycles. The lowest BCUT2D eigenvalue weighted by Crippen LogP contribution is -2.36. The van der Waals surface area contributed by atoms with Crippen LogP contribution in [0.4, 0.5) is 37.7 Å². The molecular weight excluding hydrogens is 510 g/mol. The van der Waals surface area contributed by atoms with Crippen LogP contribution >= 0.6 is 0 Å². The molecule has 5 rings (SSSR count). The number of carbonyl (C=O) groups is 1. The van der Waals surface area contributed by atoms with Gasteiger partial charge in [-0.3, -0.25) is 14.9 Å². The first kappa shape index (κ1) is 24.5. The Bertz CT molecular complexity index is 1580. The summed E-state index contributed by atoms with van der Waals surface area (Å²) in [4.78, 5) is 24.0. The zero-order valence-electron chi connectivity index (χ0n) is 18.6. The van der Waals surface area contributed by atoms with Crippen LogP contribution in [0, 0.1) is 10.1 Å². The third kappa shape index (κ3) is 4.02. The number of nitro groups is 1. The number of nitro benzene ring substituents is 1. The largest absolute Gasteiger partial charge is 0.454 e. The Labute approximate surface area is 202 Å². The number of aromatic nitrogens is 2. The summed E-state index contributed by atoms with van der Waals surface area (Å²) in [5, 5.41) is 15.1. The number of benzene rings is 3. The van der Waals surface area contributed by atoms with E-state index in [-0.39, 0.29) is 33.1 Å². The van der Waals surface area contributed by atoms with Crippen LogP contribution in [0.25, 0.3) is 27.4 Å². The molecule has 0 fully saturated rings. The summed E-state index contributed by atoms with van der Waals surface area (Å²) in [6, 6.07) is 8.37. The molecule has 0 spiro atoms. The van der Waals surface area contributed by atoms with Crippen molar-refractivity contribution in [1.82, 2.24) is 9.78 Å². The summed E-state index contributed by atoms with van der Waals surface area (Å²) >= 11 is 0. The van der Waals surface area contributed by atoms with Crippen molar-refractivity contribution in [2.24, 2.45) is 0 Å². The maximum Gasteiger partial charge on any atom is 0.454 e. The van der Waals surface area contributed by atoms with Crippen LogP contribution < -0.4 is 4.90 Å². The first-order chi connectivity index (χ1) is 17.3. The Morgan fingerprint density at radius 2 is 1.78 bits per heavy atom. The molecule has 1 aromatic heterocycles. The maximum atomic E-state index is 13.7. The average Bonchev–Trinajstić information content (AvgIpc) is 3.26. The zero-order valence-corrected chi connectivity index (χ0v) is 18.6. The topological polar surface area (TPSA) is 90.5 Å². The minimum absolute atomic E-state index is 0.0270. The number of halogens is 6. The quantitative estimate of drug-likeness (QED) is 0.144. The number of nitrogens with zero attached hydrogens (tertiary/aromatic N) is 4. The predicted molar refractivity (Wildman–Crippen MR) is 119 cm³/mol. The van der Waals surface area contributed by atoms with Crippen molar-refractivity contribution in [3.63, 3.8) is 0 Å². The number of anilines is 1. The summed E-state index contributed by atoms with van der Waals surface area (Å²) in [6.07, 6.45) is -11.2. The normalized spacial score (nSPS) is 16.3. The zero-order chi connectivity index (χ0) is 26.9. The second kappa shape index (κ2) is 8.16. The molecule has 192 valence electrons. The van der Waals surface area contributed by atoms with Gasteiger partial charge in [-0.15, -0.1) is 0 Å². The Morgan fingerprint density at radius 3 is 2.38 bits per heavy atom. The number of alkyl halides is 6. The molecule has 1 atom stereocenters. The second-order valence-electron chi connectivity index (χ2n) is 8.38. The molecule has 0 saturated carbocycles. The van der Waals surface area contributed by atoms with E-state index in [0.29, 0.717) is 5.69 Å². The van der Waals surface area contributed by atoms with Gasteiger partial charge in [-0.2, -0.15) is 31.4 Å². The number of hydrogen-bond acceptors (Lipinski definition) is 6. The molecule has 8 nitrogen and oxygen atoms in total. The van der Waals surface area contributed by atoms with E-state index in [1.807, 2.05) is 0 Å². The van der Waals surface area contributed by atoms with Gasteiger partial charge < -0.3 is 9.64 Å². The lowest BCUT2D eigenvalue weighted by molar-refractivity contribution is -0.384. The molecule has 1 aliphatic rings. The summed E-state index contributed by atoms with van der Waals surface area (Å²) in [7, 11) is 1.34. The Balaban J connectivity index is 1.82. The minimum atomic E-state index is -5.30. The van der Waals surface area contributed by atoms with E-state index in [4.69, 9.17) is 4.74 Å². The van der Waals surface area contributed by atoms with Crippen LogP contribution in [0.1, 0.15) is 22.0 Å². The summed E-state index contributed by atoms with van der Waals surface area (Å²) in [6.45, 7) is -0.578. The summed E-state index contributed by atoms with van der Waals surface area (Å²) in [5.74, 6) is -2.22. The van der Waals surface area contributed by atoms with Crippen molar-refractivity contribution in [2.45, 2.75) is 18.5 Å². The highest BCUT2D eigenvalue weighted by molar-refractivity contribution is 6.21. The number of Topliss-reactive ketones (excluding diaryl/α,β-unsaturated/α-hetero) is 1. The number of ether oxygens (including phenoxy) is 1. The molecule has 37 heavy (non-hydrogen) atoms. The first-order valence-corrected chi connectivity index (χ1v) is 10.5. The van der Waals surface area contributed by atoms with E-state index in [1.165, 1.54) is 53.2 Å². The van der Waals surface area contributed by atoms with Crippen molar-refractivity contribution in [1.29, 1.82) is 0 Å². The third-order valence-corrected chi connectivity index (χ3v) is 6.00.